The summed E-state index contributed by atoms with van der Waals surface area (Å²) in [4.78, 5) is 18.2. The maximum atomic E-state index is 13.1. The smallest absolute Gasteiger partial charge is 0.284 e. The average molecular weight is 378 g/mol. The zero-order chi connectivity index (χ0) is 19.3. The molecule has 0 radical (unpaired) electrons. The summed E-state index contributed by atoms with van der Waals surface area (Å²) < 4.78 is 0. The Morgan fingerprint density at radius 1 is 1.04 bits per heavy atom. The van der Waals surface area contributed by atoms with E-state index < -0.39 is 0 Å². The second-order valence-electron chi connectivity index (χ2n) is 8.02. The van der Waals surface area contributed by atoms with Crippen molar-refractivity contribution in [1.29, 1.82) is 0 Å². The molecular weight excluding hydrogens is 346 g/mol. The number of hydrogen-bond donors (Lipinski definition) is 2. The summed E-state index contributed by atoms with van der Waals surface area (Å²) in [5.74, 6) is 0.285. The second-order valence-corrected chi connectivity index (χ2v) is 8.02. The van der Waals surface area contributed by atoms with Crippen LogP contribution in [0.15, 0.2) is 60.7 Å². The monoisotopic (exact) mass is 377 g/mol. The third-order valence-electron chi connectivity index (χ3n) is 6.25. The van der Waals surface area contributed by atoms with Crippen molar-refractivity contribution in [2.24, 2.45) is 0 Å². The number of amides is 1. The number of carbonyl (C=O) groups excluding carboxylic acids is 1. The molecule has 2 aliphatic heterocycles. The van der Waals surface area contributed by atoms with Gasteiger partial charge >= 0.3 is 0 Å². The average Bonchev–Trinajstić information content (AvgIpc) is 3.18. The number of rotatable bonds is 5. The molecule has 0 unspecified atom stereocenters. The van der Waals surface area contributed by atoms with Gasteiger partial charge in [-0.15, -0.1) is 0 Å². The number of carbonyl (C=O) groups is 1. The van der Waals surface area contributed by atoms with Gasteiger partial charge in [0.25, 0.3) is 5.91 Å². The Morgan fingerprint density at radius 2 is 1.75 bits per heavy atom. The van der Waals surface area contributed by atoms with E-state index in [0.717, 1.165) is 51.4 Å². The van der Waals surface area contributed by atoms with Crippen molar-refractivity contribution in [2.45, 2.75) is 19.4 Å². The van der Waals surface area contributed by atoms with Gasteiger partial charge in [-0.25, -0.2) is 0 Å². The van der Waals surface area contributed by atoms with Crippen LogP contribution in [0.2, 0.25) is 0 Å². The number of nitrogens with zero attached hydrogens (tertiary/aromatic N) is 1. The first-order chi connectivity index (χ1) is 13.7. The normalized spacial score (nSPS) is 23.0. The van der Waals surface area contributed by atoms with Gasteiger partial charge in [0.05, 0.1) is 6.54 Å². The fourth-order valence-corrected chi connectivity index (χ4v) is 4.46. The summed E-state index contributed by atoms with van der Waals surface area (Å²) in [6.45, 7) is 8.39. The largest absolute Gasteiger partial charge is 0.322 e. The molecule has 146 valence electrons. The first kappa shape index (κ1) is 18.9. The summed E-state index contributed by atoms with van der Waals surface area (Å²) in [7, 11) is 0. The first-order valence-electron chi connectivity index (χ1n) is 10.5. The lowest BCUT2D eigenvalue weighted by Crippen LogP contribution is -3.30. The lowest BCUT2D eigenvalue weighted by Gasteiger charge is -2.33. The lowest BCUT2D eigenvalue weighted by molar-refractivity contribution is -1.02. The van der Waals surface area contributed by atoms with E-state index >= 15 is 0 Å². The number of benzene rings is 2. The Hall–Kier alpha value is -2.43. The SMILES string of the molecule is C[C@@H](C(=O)N1CCc2ccccc21)[NH+]1CC[NH+](C/C=C/c2ccccc2)CC1. The molecule has 4 nitrogen and oxygen atoms in total. The van der Waals surface area contributed by atoms with Crippen molar-refractivity contribution in [3.63, 3.8) is 0 Å². The summed E-state index contributed by atoms with van der Waals surface area (Å²) >= 11 is 0. The summed E-state index contributed by atoms with van der Waals surface area (Å²) in [5, 5.41) is 0. The third-order valence-corrected chi connectivity index (χ3v) is 6.25. The molecule has 2 aromatic rings. The molecule has 1 atom stereocenters. The predicted octanol–water partition coefficient (Wildman–Crippen LogP) is 0.461. The Labute approximate surface area is 168 Å². The van der Waals surface area contributed by atoms with E-state index in [1.54, 1.807) is 4.90 Å². The molecule has 2 aliphatic rings. The highest BCUT2D eigenvalue weighted by atomic mass is 16.2. The first-order valence-corrected chi connectivity index (χ1v) is 10.5. The Kier molecular flexibility index (Phi) is 5.89. The minimum absolute atomic E-state index is 0.0348. The fourth-order valence-electron chi connectivity index (χ4n) is 4.46. The van der Waals surface area contributed by atoms with Crippen LogP contribution in [0.1, 0.15) is 18.1 Å². The highest BCUT2D eigenvalue weighted by molar-refractivity contribution is 5.97. The number of nitrogens with one attached hydrogen (secondary N) is 2. The van der Waals surface area contributed by atoms with Crippen LogP contribution >= 0.6 is 0 Å². The van der Waals surface area contributed by atoms with Crippen molar-refractivity contribution in [1.82, 2.24) is 0 Å². The zero-order valence-corrected chi connectivity index (χ0v) is 16.7. The molecule has 2 aromatic carbocycles. The molecule has 4 heteroatoms. The van der Waals surface area contributed by atoms with Crippen LogP contribution in [0.25, 0.3) is 6.08 Å². The van der Waals surface area contributed by atoms with Gasteiger partial charge in [0.2, 0.25) is 0 Å². The predicted molar refractivity (Wildman–Crippen MR) is 114 cm³/mol. The zero-order valence-electron chi connectivity index (χ0n) is 16.7. The van der Waals surface area contributed by atoms with Crippen molar-refractivity contribution in [3.8, 4) is 0 Å². The van der Waals surface area contributed by atoms with Crippen molar-refractivity contribution in [3.05, 3.63) is 71.8 Å². The topological polar surface area (TPSA) is 29.2 Å². The highest BCUT2D eigenvalue weighted by Gasteiger charge is 2.35. The number of fused-ring (bicyclic) bond motifs is 1. The molecule has 0 spiro atoms. The van der Waals surface area contributed by atoms with E-state index in [4.69, 9.17) is 0 Å². The van der Waals surface area contributed by atoms with Gasteiger partial charge in [-0.2, -0.15) is 0 Å². The number of para-hydroxylation sites is 1. The van der Waals surface area contributed by atoms with Gasteiger partial charge < -0.3 is 14.7 Å². The number of anilines is 1. The number of quaternary nitrogens is 2. The number of hydrogen-bond acceptors (Lipinski definition) is 1. The van der Waals surface area contributed by atoms with Crippen LogP contribution < -0.4 is 14.7 Å². The number of piperazine rings is 1. The van der Waals surface area contributed by atoms with Crippen LogP contribution in [-0.4, -0.2) is 51.2 Å². The minimum atomic E-state index is 0.0348. The standard InChI is InChI=1S/C24H29N3O/c1-20(24(28)27-15-13-22-11-5-6-12-23(22)27)26-18-16-25(17-19-26)14-7-10-21-8-3-2-4-9-21/h2-12,20H,13-19H2,1H3/p+2/b10-7+/t20-/m0/s1. The quantitative estimate of drug-likeness (QED) is 0.779. The molecule has 1 saturated heterocycles. The van der Waals surface area contributed by atoms with Gasteiger partial charge in [0.1, 0.15) is 26.2 Å². The van der Waals surface area contributed by atoms with E-state index in [1.807, 2.05) is 17.0 Å². The van der Waals surface area contributed by atoms with Gasteiger partial charge in [0, 0.05) is 12.2 Å². The van der Waals surface area contributed by atoms with Crippen LogP contribution in [-0.2, 0) is 11.2 Å². The molecule has 4 rings (SSSR count). The van der Waals surface area contributed by atoms with Crippen molar-refractivity contribution < 1.29 is 14.6 Å². The molecule has 28 heavy (non-hydrogen) atoms. The molecule has 1 fully saturated rings. The van der Waals surface area contributed by atoms with Gasteiger partial charge in [-0.1, -0.05) is 54.6 Å². The Bertz CT molecular complexity index is 825. The van der Waals surface area contributed by atoms with E-state index in [0.29, 0.717) is 0 Å². The summed E-state index contributed by atoms with van der Waals surface area (Å²) in [6, 6.07) is 18.8. The minimum Gasteiger partial charge on any atom is -0.322 e. The second kappa shape index (κ2) is 8.72. The van der Waals surface area contributed by atoms with Gasteiger partial charge in [0.15, 0.2) is 6.04 Å². The summed E-state index contributed by atoms with van der Waals surface area (Å²) in [5.41, 5.74) is 3.68. The Balaban J connectivity index is 1.28. The lowest BCUT2D eigenvalue weighted by atomic mass is 10.1. The molecular formula is C24H31N3O+2. The fraction of sp³-hybridized carbons (Fsp3) is 0.375. The maximum absolute atomic E-state index is 13.1. The van der Waals surface area contributed by atoms with Crippen LogP contribution in [0.4, 0.5) is 5.69 Å². The van der Waals surface area contributed by atoms with Gasteiger partial charge in [-0.3, -0.25) is 4.79 Å². The van der Waals surface area contributed by atoms with E-state index in [1.165, 1.54) is 16.0 Å². The van der Waals surface area contributed by atoms with Crippen LogP contribution in [0, 0.1) is 0 Å². The van der Waals surface area contributed by atoms with E-state index in [-0.39, 0.29) is 11.9 Å². The molecule has 0 aliphatic carbocycles. The Morgan fingerprint density at radius 3 is 2.54 bits per heavy atom. The van der Waals surface area contributed by atoms with E-state index in [2.05, 4.69) is 61.5 Å². The molecule has 2 heterocycles. The highest BCUT2D eigenvalue weighted by Crippen LogP contribution is 2.27. The molecule has 0 saturated carbocycles. The van der Waals surface area contributed by atoms with Crippen molar-refractivity contribution in [2.75, 3.05) is 44.2 Å². The molecule has 2 N–H and O–H groups in total. The van der Waals surface area contributed by atoms with Gasteiger partial charge in [-0.05, 0) is 36.6 Å². The summed E-state index contributed by atoms with van der Waals surface area (Å²) in [6.07, 6.45) is 5.48. The molecule has 1 amide bonds. The maximum Gasteiger partial charge on any atom is 0.284 e. The van der Waals surface area contributed by atoms with Crippen LogP contribution in [0.5, 0.6) is 0 Å². The molecule has 0 bridgehead atoms. The third kappa shape index (κ3) is 4.18. The van der Waals surface area contributed by atoms with Crippen molar-refractivity contribution >= 4 is 17.7 Å². The van der Waals surface area contributed by atoms with E-state index in [9.17, 15) is 4.79 Å². The molecule has 0 aromatic heterocycles. The van der Waals surface area contributed by atoms with Crippen LogP contribution in [0.3, 0.4) is 0 Å².